The number of carbonyl (C=O) groups is 1. The lowest BCUT2D eigenvalue weighted by atomic mass is 10.0. The number of amides is 1. The van der Waals surface area contributed by atoms with Gasteiger partial charge in [0.25, 0.3) is 0 Å². The summed E-state index contributed by atoms with van der Waals surface area (Å²) in [5.41, 5.74) is 5.00. The third kappa shape index (κ3) is 11.4. The van der Waals surface area contributed by atoms with Gasteiger partial charge in [0.2, 0.25) is 5.91 Å². The molecule has 1 unspecified atom stereocenters. The molecule has 90 valence electrons. The van der Waals surface area contributed by atoms with Gasteiger partial charge in [-0.25, -0.2) is 0 Å². The number of primary amides is 1. The monoisotopic (exact) mass is 215 g/mol. The van der Waals surface area contributed by atoms with Crippen molar-refractivity contribution in [1.82, 2.24) is 0 Å². The largest absolute Gasteiger partial charge is 0.393 e. The van der Waals surface area contributed by atoms with E-state index in [9.17, 15) is 9.90 Å². The van der Waals surface area contributed by atoms with Crippen LogP contribution >= 0.6 is 0 Å². The standard InChI is InChI=1S/C12H25NO2/c1-2-3-4-5-6-7-8-11(14)9-10-12(13)15/h11,14H,2-10H2,1H3,(H2,13,15). The van der Waals surface area contributed by atoms with Crippen molar-refractivity contribution in [3.63, 3.8) is 0 Å². The zero-order valence-electron chi connectivity index (χ0n) is 9.87. The zero-order chi connectivity index (χ0) is 11.5. The maximum atomic E-state index is 10.5. The summed E-state index contributed by atoms with van der Waals surface area (Å²) in [5, 5.41) is 9.49. The number of aliphatic hydroxyl groups is 1. The number of hydrogen-bond donors (Lipinski definition) is 2. The zero-order valence-corrected chi connectivity index (χ0v) is 9.87. The van der Waals surface area contributed by atoms with Gasteiger partial charge in [-0.3, -0.25) is 4.79 Å². The Labute approximate surface area is 93.0 Å². The first-order valence-electron chi connectivity index (χ1n) is 6.13. The summed E-state index contributed by atoms with van der Waals surface area (Å²) in [6, 6.07) is 0. The van der Waals surface area contributed by atoms with Gasteiger partial charge in [0, 0.05) is 6.42 Å². The Morgan fingerprint density at radius 3 is 2.33 bits per heavy atom. The van der Waals surface area contributed by atoms with Gasteiger partial charge in [0.15, 0.2) is 0 Å². The molecule has 0 fully saturated rings. The smallest absolute Gasteiger partial charge is 0.217 e. The lowest BCUT2D eigenvalue weighted by Crippen LogP contribution is -2.15. The van der Waals surface area contributed by atoms with E-state index in [2.05, 4.69) is 6.92 Å². The molecule has 15 heavy (non-hydrogen) atoms. The number of nitrogens with two attached hydrogens (primary N) is 1. The van der Waals surface area contributed by atoms with E-state index < -0.39 is 0 Å². The normalized spacial score (nSPS) is 12.7. The molecule has 0 spiro atoms. The van der Waals surface area contributed by atoms with Crippen LogP contribution in [-0.4, -0.2) is 17.1 Å². The maximum absolute atomic E-state index is 10.5. The van der Waals surface area contributed by atoms with Gasteiger partial charge < -0.3 is 10.8 Å². The first kappa shape index (κ1) is 14.4. The molecule has 0 aliphatic carbocycles. The van der Waals surface area contributed by atoms with E-state index in [1.165, 1.54) is 32.1 Å². The molecule has 0 bridgehead atoms. The van der Waals surface area contributed by atoms with E-state index in [1.807, 2.05) is 0 Å². The molecular weight excluding hydrogens is 190 g/mol. The van der Waals surface area contributed by atoms with Crippen molar-refractivity contribution in [2.24, 2.45) is 5.73 Å². The third-order valence-corrected chi connectivity index (χ3v) is 2.61. The van der Waals surface area contributed by atoms with Crippen LogP contribution in [0, 0.1) is 0 Å². The maximum Gasteiger partial charge on any atom is 0.217 e. The summed E-state index contributed by atoms with van der Waals surface area (Å²) in [6.07, 6.45) is 8.66. The highest BCUT2D eigenvalue weighted by Crippen LogP contribution is 2.10. The molecule has 0 aromatic carbocycles. The van der Waals surface area contributed by atoms with E-state index in [4.69, 9.17) is 5.73 Å². The van der Waals surface area contributed by atoms with E-state index in [0.29, 0.717) is 12.8 Å². The lowest BCUT2D eigenvalue weighted by Gasteiger charge is -2.08. The second-order valence-electron chi connectivity index (χ2n) is 4.22. The predicted molar refractivity (Wildman–Crippen MR) is 62.4 cm³/mol. The molecule has 3 nitrogen and oxygen atoms in total. The highest BCUT2D eigenvalue weighted by Gasteiger charge is 2.05. The van der Waals surface area contributed by atoms with Crippen LogP contribution in [0.15, 0.2) is 0 Å². The SMILES string of the molecule is CCCCCCCCC(O)CCC(N)=O. The molecule has 0 saturated heterocycles. The fourth-order valence-electron chi connectivity index (χ4n) is 1.61. The number of unbranched alkanes of at least 4 members (excludes halogenated alkanes) is 5. The molecule has 0 rings (SSSR count). The Morgan fingerprint density at radius 1 is 1.13 bits per heavy atom. The minimum atomic E-state index is -0.344. The number of hydrogen-bond acceptors (Lipinski definition) is 2. The van der Waals surface area contributed by atoms with Crippen LogP contribution in [0.1, 0.15) is 64.7 Å². The fourth-order valence-corrected chi connectivity index (χ4v) is 1.61. The first-order chi connectivity index (χ1) is 7.16. The van der Waals surface area contributed by atoms with Crippen molar-refractivity contribution in [2.75, 3.05) is 0 Å². The Balaban J connectivity index is 3.16. The van der Waals surface area contributed by atoms with Gasteiger partial charge >= 0.3 is 0 Å². The highest BCUT2D eigenvalue weighted by molar-refractivity contribution is 5.73. The molecule has 0 aromatic heterocycles. The fraction of sp³-hybridized carbons (Fsp3) is 0.917. The van der Waals surface area contributed by atoms with Gasteiger partial charge in [-0.15, -0.1) is 0 Å². The van der Waals surface area contributed by atoms with Crippen LogP contribution in [0.25, 0.3) is 0 Å². The molecule has 3 N–H and O–H groups in total. The van der Waals surface area contributed by atoms with E-state index >= 15 is 0 Å². The molecule has 0 radical (unpaired) electrons. The molecule has 0 aliphatic heterocycles. The Hall–Kier alpha value is -0.570. The molecule has 3 heteroatoms. The Bertz CT molecular complexity index is 160. The van der Waals surface area contributed by atoms with Crippen molar-refractivity contribution < 1.29 is 9.90 Å². The van der Waals surface area contributed by atoms with Crippen molar-refractivity contribution in [1.29, 1.82) is 0 Å². The summed E-state index contributed by atoms with van der Waals surface area (Å²) in [4.78, 5) is 10.5. The molecule has 0 saturated carbocycles. The van der Waals surface area contributed by atoms with Crippen molar-refractivity contribution in [2.45, 2.75) is 70.8 Å². The molecule has 1 atom stereocenters. The summed E-state index contributed by atoms with van der Waals surface area (Å²) in [5.74, 6) is -0.322. The van der Waals surface area contributed by atoms with Gasteiger partial charge in [-0.1, -0.05) is 45.4 Å². The van der Waals surface area contributed by atoms with Gasteiger partial charge in [-0.2, -0.15) is 0 Å². The van der Waals surface area contributed by atoms with Crippen LogP contribution < -0.4 is 5.73 Å². The lowest BCUT2D eigenvalue weighted by molar-refractivity contribution is -0.118. The highest BCUT2D eigenvalue weighted by atomic mass is 16.3. The average molecular weight is 215 g/mol. The van der Waals surface area contributed by atoms with Gasteiger partial charge in [0.05, 0.1) is 6.10 Å². The van der Waals surface area contributed by atoms with E-state index in [0.717, 1.165) is 12.8 Å². The van der Waals surface area contributed by atoms with E-state index in [1.54, 1.807) is 0 Å². The number of carbonyl (C=O) groups excluding carboxylic acids is 1. The van der Waals surface area contributed by atoms with Crippen LogP contribution in [0.3, 0.4) is 0 Å². The molecule has 1 amide bonds. The van der Waals surface area contributed by atoms with Gasteiger partial charge in [0.1, 0.15) is 0 Å². The summed E-state index contributed by atoms with van der Waals surface area (Å²) in [7, 11) is 0. The van der Waals surface area contributed by atoms with Crippen LogP contribution in [0.4, 0.5) is 0 Å². The number of aliphatic hydroxyl groups excluding tert-OH is 1. The molecule has 0 aliphatic rings. The second kappa shape index (κ2) is 9.97. The number of rotatable bonds is 10. The van der Waals surface area contributed by atoms with Gasteiger partial charge in [-0.05, 0) is 12.8 Å². The summed E-state index contributed by atoms with van der Waals surface area (Å²) < 4.78 is 0. The second-order valence-corrected chi connectivity index (χ2v) is 4.22. The van der Waals surface area contributed by atoms with Crippen molar-refractivity contribution in [3.8, 4) is 0 Å². The first-order valence-corrected chi connectivity index (χ1v) is 6.13. The Kier molecular flexibility index (Phi) is 9.59. The third-order valence-electron chi connectivity index (χ3n) is 2.61. The average Bonchev–Trinajstić information content (AvgIpc) is 2.20. The summed E-state index contributed by atoms with van der Waals surface area (Å²) in [6.45, 7) is 2.20. The molecule has 0 aromatic rings. The Morgan fingerprint density at radius 2 is 1.73 bits per heavy atom. The van der Waals surface area contributed by atoms with Crippen molar-refractivity contribution >= 4 is 5.91 Å². The van der Waals surface area contributed by atoms with Crippen molar-refractivity contribution in [3.05, 3.63) is 0 Å². The molecule has 0 heterocycles. The van der Waals surface area contributed by atoms with Crippen LogP contribution in [-0.2, 0) is 4.79 Å². The van der Waals surface area contributed by atoms with Crippen LogP contribution in [0.5, 0.6) is 0 Å². The quantitative estimate of drug-likeness (QED) is 0.549. The van der Waals surface area contributed by atoms with E-state index in [-0.39, 0.29) is 12.0 Å². The minimum absolute atomic E-state index is 0.303. The van der Waals surface area contributed by atoms with Crippen LogP contribution in [0.2, 0.25) is 0 Å². The summed E-state index contributed by atoms with van der Waals surface area (Å²) >= 11 is 0. The minimum Gasteiger partial charge on any atom is -0.393 e. The topological polar surface area (TPSA) is 63.3 Å². The predicted octanol–water partition coefficient (Wildman–Crippen LogP) is 2.36. The molecular formula is C12H25NO2.